The van der Waals surface area contributed by atoms with Crippen LogP contribution in [0.2, 0.25) is 0 Å². The highest BCUT2D eigenvalue weighted by Crippen LogP contribution is 2.35. The van der Waals surface area contributed by atoms with Gasteiger partial charge in [0.15, 0.2) is 0 Å². The van der Waals surface area contributed by atoms with Crippen molar-refractivity contribution in [2.45, 2.75) is 89.3 Å². The molecule has 2 heteroatoms. The maximum atomic E-state index is 3.82. The van der Waals surface area contributed by atoms with E-state index in [2.05, 4.69) is 30.9 Å². The van der Waals surface area contributed by atoms with Crippen molar-refractivity contribution < 1.29 is 0 Å². The molecule has 1 nitrogen and oxygen atoms in total. The largest absolute Gasteiger partial charge is 0.313 e. The number of rotatable bonds is 7. The van der Waals surface area contributed by atoms with Gasteiger partial charge in [0.1, 0.15) is 0 Å². The van der Waals surface area contributed by atoms with Gasteiger partial charge in [0.2, 0.25) is 0 Å². The molecule has 118 valence electrons. The third kappa shape index (κ3) is 5.26. The standard InChI is InChI=1S/C18H35NS/c1-3-15-9-8-10-16(13-15)18(19-4-2)14-20-17-11-6-5-7-12-17/h15-19H,3-14H2,1-2H3. The summed E-state index contributed by atoms with van der Waals surface area (Å²) >= 11 is 2.29. The summed E-state index contributed by atoms with van der Waals surface area (Å²) in [5, 5.41) is 4.78. The third-order valence-corrected chi connectivity index (χ3v) is 6.99. The molecular weight excluding hydrogens is 262 g/mol. The summed E-state index contributed by atoms with van der Waals surface area (Å²) < 4.78 is 0. The Hall–Kier alpha value is 0.310. The molecule has 2 aliphatic carbocycles. The van der Waals surface area contributed by atoms with Crippen LogP contribution in [0.25, 0.3) is 0 Å². The van der Waals surface area contributed by atoms with Gasteiger partial charge in [0, 0.05) is 17.0 Å². The summed E-state index contributed by atoms with van der Waals surface area (Å²) in [6.45, 7) is 5.80. The van der Waals surface area contributed by atoms with Gasteiger partial charge in [-0.15, -0.1) is 0 Å². The molecule has 0 amide bonds. The normalized spacial score (nSPS) is 30.3. The van der Waals surface area contributed by atoms with E-state index in [1.807, 2.05) is 0 Å². The van der Waals surface area contributed by atoms with Crippen LogP contribution in [0, 0.1) is 11.8 Å². The highest BCUT2D eigenvalue weighted by Gasteiger charge is 2.28. The van der Waals surface area contributed by atoms with Crippen LogP contribution in [0.15, 0.2) is 0 Å². The molecule has 0 aromatic rings. The first-order valence-corrected chi connectivity index (χ1v) is 10.2. The molecule has 3 unspecified atom stereocenters. The second kappa shape index (κ2) is 9.35. The zero-order valence-corrected chi connectivity index (χ0v) is 14.5. The van der Waals surface area contributed by atoms with Crippen LogP contribution in [0.3, 0.4) is 0 Å². The maximum absolute atomic E-state index is 3.82. The van der Waals surface area contributed by atoms with Crippen molar-refractivity contribution in [3.05, 3.63) is 0 Å². The fourth-order valence-corrected chi connectivity index (χ4v) is 5.70. The molecule has 0 aromatic carbocycles. The minimum atomic E-state index is 0.779. The van der Waals surface area contributed by atoms with Crippen molar-refractivity contribution in [3.8, 4) is 0 Å². The first kappa shape index (κ1) is 16.7. The van der Waals surface area contributed by atoms with Crippen molar-refractivity contribution in [3.63, 3.8) is 0 Å². The van der Waals surface area contributed by atoms with Crippen LogP contribution in [0.4, 0.5) is 0 Å². The lowest BCUT2D eigenvalue weighted by Gasteiger charge is -2.35. The van der Waals surface area contributed by atoms with Gasteiger partial charge >= 0.3 is 0 Å². The summed E-state index contributed by atoms with van der Waals surface area (Å²) in [7, 11) is 0. The van der Waals surface area contributed by atoms with Gasteiger partial charge < -0.3 is 5.32 Å². The smallest absolute Gasteiger partial charge is 0.0186 e. The van der Waals surface area contributed by atoms with Crippen LogP contribution in [0.1, 0.15) is 78.1 Å². The van der Waals surface area contributed by atoms with E-state index in [9.17, 15) is 0 Å². The van der Waals surface area contributed by atoms with Crippen molar-refractivity contribution in [1.82, 2.24) is 5.32 Å². The zero-order valence-electron chi connectivity index (χ0n) is 13.7. The van der Waals surface area contributed by atoms with E-state index >= 15 is 0 Å². The van der Waals surface area contributed by atoms with E-state index in [0.717, 1.165) is 29.7 Å². The molecule has 0 spiro atoms. The average Bonchev–Trinajstić information content (AvgIpc) is 2.52. The summed E-state index contributed by atoms with van der Waals surface area (Å²) in [6, 6.07) is 0.779. The lowest BCUT2D eigenvalue weighted by atomic mass is 9.77. The molecular formula is C18H35NS. The van der Waals surface area contributed by atoms with Gasteiger partial charge in [-0.2, -0.15) is 11.8 Å². The first-order valence-electron chi connectivity index (χ1n) is 9.18. The minimum Gasteiger partial charge on any atom is -0.313 e. The molecule has 0 aliphatic heterocycles. The highest BCUT2D eigenvalue weighted by atomic mass is 32.2. The SMILES string of the molecule is CCNC(CSC1CCCCC1)C1CCCC(CC)C1. The number of hydrogen-bond acceptors (Lipinski definition) is 2. The quantitative estimate of drug-likeness (QED) is 0.689. The fourth-order valence-electron chi connectivity index (χ4n) is 4.16. The van der Waals surface area contributed by atoms with E-state index < -0.39 is 0 Å². The second-order valence-corrected chi connectivity index (χ2v) is 8.29. The fraction of sp³-hybridized carbons (Fsp3) is 1.00. The average molecular weight is 298 g/mol. The van der Waals surface area contributed by atoms with Crippen molar-refractivity contribution in [2.24, 2.45) is 11.8 Å². The second-order valence-electron chi connectivity index (χ2n) is 6.96. The van der Waals surface area contributed by atoms with E-state index in [0.29, 0.717) is 0 Å². The lowest BCUT2D eigenvalue weighted by molar-refractivity contribution is 0.220. The molecule has 2 fully saturated rings. The molecule has 2 aliphatic rings. The molecule has 1 N–H and O–H groups in total. The van der Waals surface area contributed by atoms with Gasteiger partial charge in [0.05, 0.1) is 0 Å². The molecule has 0 saturated heterocycles. The maximum Gasteiger partial charge on any atom is 0.0186 e. The Balaban J connectivity index is 1.79. The van der Waals surface area contributed by atoms with Gasteiger partial charge in [-0.1, -0.05) is 52.4 Å². The lowest BCUT2D eigenvalue weighted by Crippen LogP contribution is -2.41. The Bertz CT molecular complexity index is 250. The molecule has 0 aromatic heterocycles. The molecule has 20 heavy (non-hydrogen) atoms. The van der Waals surface area contributed by atoms with Crippen LogP contribution in [0.5, 0.6) is 0 Å². The summed E-state index contributed by atoms with van der Waals surface area (Å²) in [4.78, 5) is 0. The molecule has 2 saturated carbocycles. The Labute approximate surface area is 131 Å². The van der Waals surface area contributed by atoms with Crippen molar-refractivity contribution in [2.75, 3.05) is 12.3 Å². The van der Waals surface area contributed by atoms with Crippen molar-refractivity contribution >= 4 is 11.8 Å². The predicted octanol–water partition coefficient (Wildman–Crippen LogP) is 5.25. The van der Waals surface area contributed by atoms with E-state index in [-0.39, 0.29) is 0 Å². The van der Waals surface area contributed by atoms with E-state index in [1.165, 1.54) is 70.0 Å². The van der Waals surface area contributed by atoms with Gasteiger partial charge in [-0.05, 0) is 44.1 Å². The predicted molar refractivity (Wildman–Crippen MR) is 92.5 cm³/mol. The zero-order chi connectivity index (χ0) is 14.2. The Morgan fingerprint density at radius 2 is 1.80 bits per heavy atom. The molecule has 0 bridgehead atoms. The number of thioether (sulfide) groups is 1. The van der Waals surface area contributed by atoms with Crippen LogP contribution in [-0.2, 0) is 0 Å². The molecule has 0 radical (unpaired) electrons. The Morgan fingerprint density at radius 3 is 2.50 bits per heavy atom. The van der Waals surface area contributed by atoms with Gasteiger partial charge in [0.25, 0.3) is 0 Å². The summed E-state index contributed by atoms with van der Waals surface area (Å²) in [6.07, 6.45) is 14.7. The Morgan fingerprint density at radius 1 is 1.00 bits per heavy atom. The Kier molecular flexibility index (Phi) is 7.80. The molecule has 2 rings (SSSR count). The van der Waals surface area contributed by atoms with Gasteiger partial charge in [-0.25, -0.2) is 0 Å². The van der Waals surface area contributed by atoms with Gasteiger partial charge in [-0.3, -0.25) is 0 Å². The van der Waals surface area contributed by atoms with Crippen molar-refractivity contribution in [1.29, 1.82) is 0 Å². The van der Waals surface area contributed by atoms with Crippen LogP contribution < -0.4 is 5.32 Å². The van der Waals surface area contributed by atoms with Crippen LogP contribution in [-0.4, -0.2) is 23.6 Å². The topological polar surface area (TPSA) is 12.0 Å². The highest BCUT2D eigenvalue weighted by molar-refractivity contribution is 7.99. The third-order valence-electron chi connectivity index (χ3n) is 5.50. The first-order chi connectivity index (χ1) is 9.83. The monoisotopic (exact) mass is 297 g/mol. The van der Waals surface area contributed by atoms with Crippen LogP contribution >= 0.6 is 11.8 Å². The van der Waals surface area contributed by atoms with E-state index in [4.69, 9.17) is 0 Å². The van der Waals surface area contributed by atoms with E-state index in [1.54, 1.807) is 0 Å². The summed E-state index contributed by atoms with van der Waals surface area (Å²) in [5.41, 5.74) is 0. The minimum absolute atomic E-state index is 0.779. The number of hydrogen-bond donors (Lipinski definition) is 1. The molecule has 0 heterocycles. The number of nitrogens with one attached hydrogen (secondary N) is 1. The summed E-state index contributed by atoms with van der Waals surface area (Å²) in [5.74, 6) is 3.32. The molecule has 3 atom stereocenters.